The third-order valence-electron chi connectivity index (χ3n) is 3.47. The predicted molar refractivity (Wildman–Crippen MR) is 86.2 cm³/mol. The van der Waals surface area contributed by atoms with Gasteiger partial charge in [0, 0.05) is 28.6 Å². The number of hydrogen-bond acceptors (Lipinski definition) is 2. The molecule has 1 aliphatic rings. The molecule has 2 aromatic rings. The minimum atomic E-state index is -0.132. The van der Waals surface area contributed by atoms with Crippen LogP contribution in [0.4, 0.5) is 5.69 Å². The van der Waals surface area contributed by atoms with E-state index in [0.29, 0.717) is 39.3 Å². The first-order chi connectivity index (χ1) is 10.1. The maximum Gasteiger partial charge on any atom is 0.258 e. The molecule has 0 aliphatic carbocycles. The summed E-state index contributed by atoms with van der Waals surface area (Å²) < 4.78 is 0.677. The smallest absolute Gasteiger partial charge is 0.258 e. The average molecular weight is 365 g/mol. The van der Waals surface area contributed by atoms with Crippen molar-refractivity contribution in [1.29, 1.82) is 0 Å². The van der Waals surface area contributed by atoms with Crippen LogP contribution in [0.2, 0.25) is 5.02 Å². The molecule has 0 atom stereocenters. The van der Waals surface area contributed by atoms with Crippen molar-refractivity contribution in [3.05, 3.63) is 63.1 Å². The zero-order valence-electron chi connectivity index (χ0n) is 11.0. The number of nitrogens with zero attached hydrogens (tertiary/aromatic N) is 1. The van der Waals surface area contributed by atoms with Gasteiger partial charge in [-0.15, -0.1) is 0 Å². The highest BCUT2D eigenvalue weighted by Gasteiger charge is 2.27. The lowest BCUT2D eigenvalue weighted by molar-refractivity contribution is 0.0955. The molecule has 1 amide bonds. The van der Waals surface area contributed by atoms with E-state index >= 15 is 0 Å². The van der Waals surface area contributed by atoms with Crippen LogP contribution in [0.25, 0.3) is 0 Å². The van der Waals surface area contributed by atoms with E-state index in [9.17, 15) is 9.59 Å². The van der Waals surface area contributed by atoms with Gasteiger partial charge in [0.2, 0.25) is 0 Å². The monoisotopic (exact) mass is 363 g/mol. The van der Waals surface area contributed by atoms with Crippen LogP contribution < -0.4 is 4.90 Å². The number of amides is 1. The normalized spacial score (nSPS) is 14.0. The van der Waals surface area contributed by atoms with Crippen LogP contribution in [0.1, 0.15) is 27.1 Å². The predicted octanol–water partition coefficient (Wildman–Crippen LogP) is 4.34. The molecule has 0 aromatic heterocycles. The first-order valence-electron chi connectivity index (χ1n) is 6.47. The fourth-order valence-corrected chi connectivity index (χ4v) is 2.91. The van der Waals surface area contributed by atoms with Gasteiger partial charge in [-0.1, -0.05) is 23.7 Å². The highest BCUT2D eigenvalue weighted by Crippen LogP contribution is 2.29. The Labute approximate surface area is 135 Å². The molecule has 0 bridgehead atoms. The van der Waals surface area contributed by atoms with Crippen molar-refractivity contribution in [2.45, 2.75) is 6.42 Å². The van der Waals surface area contributed by atoms with Gasteiger partial charge in [0.25, 0.3) is 5.91 Å². The molecule has 5 heteroatoms. The summed E-state index contributed by atoms with van der Waals surface area (Å²) in [5.41, 5.74) is 1.81. The third kappa shape index (κ3) is 2.61. The van der Waals surface area contributed by atoms with Gasteiger partial charge in [-0.2, -0.15) is 0 Å². The fourth-order valence-electron chi connectivity index (χ4n) is 2.41. The minimum absolute atomic E-state index is 0.0759. The standard InChI is InChI=1S/C16H11BrClNO2/c17-12-9-10(5-6-13(12)18)16(21)19-8-7-15(20)11-3-1-2-4-14(11)19/h1-6,9H,7-8H2. The Morgan fingerprint density at radius 2 is 1.95 bits per heavy atom. The van der Waals surface area contributed by atoms with E-state index in [1.54, 1.807) is 35.2 Å². The van der Waals surface area contributed by atoms with E-state index in [4.69, 9.17) is 11.6 Å². The van der Waals surface area contributed by atoms with Gasteiger partial charge in [-0.05, 0) is 46.3 Å². The van der Waals surface area contributed by atoms with Crippen LogP contribution in [-0.2, 0) is 0 Å². The van der Waals surface area contributed by atoms with Gasteiger partial charge in [-0.3, -0.25) is 9.59 Å². The Bertz CT molecular complexity index is 745. The number of anilines is 1. The van der Waals surface area contributed by atoms with E-state index in [0.717, 1.165) is 0 Å². The molecule has 1 aliphatic heterocycles. The number of ketones is 1. The van der Waals surface area contributed by atoms with Gasteiger partial charge in [0.1, 0.15) is 0 Å². The lowest BCUT2D eigenvalue weighted by Crippen LogP contribution is -2.37. The minimum Gasteiger partial charge on any atom is -0.307 e. The lowest BCUT2D eigenvalue weighted by Gasteiger charge is -2.28. The number of fused-ring (bicyclic) bond motifs is 1. The highest BCUT2D eigenvalue weighted by atomic mass is 79.9. The molecule has 0 saturated carbocycles. The molecular formula is C16H11BrClNO2. The van der Waals surface area contributed by atoms with Crippen LogP contribution in [0.5, 0.6) is 0 Å². The van der Waals surface area contributed by atoms with Crippen molar-refractivity contribution in [3.63, 3.8) is 0 Å². The second kappa shape index (κ2) is 5.62. The first-order valence-corrected chi connectivity index (χ1v) is 7.64. The highest BCUT2D eigenvalue weighted by molar-refractivity contribution is 9.10. The van der Waals surface area contributed by atoms with Gasteiger partial charge in [0.15, 0.2) is 5.78 Å². The summed E-state index contributed by atoms with van der Waals surface area (Å²) >= 11 is 9.28. The zero-order valence-corrected chi connectivity index (χ0v) is 13.3. The quantitative estimate of drug-likeness (QED) is 0.755. The van der Waals surface area contributed by atoms with E-state index in [2.05, 4.69) is 15.9 Å². The summed E-state index contributed by atoms with van der Waals surface area (Å²) in [5, 5.41) is 0.556. The van der Waals surface area contributed by atoms with Crippen LogP contribution in [0.3, 0.4) is 0 Å². The summed E-state index contributed by atoms with van der Waals surface area (Å²) in [6, 6.07) is 12.3. The van der Waals surface area contributed by atoms with Crippen LogP contribution in [0.15, 0.2) is 46.9 Å². The zero-order chi connectivity index (χ0) is 15.0. The van der Waals surface area contributed by atoms with Crippen molar-refractivity contribution in [1.82, 2.24) is 0 Å². The van der Waals surface area contributed by atoms with Gasteiger partial charge in [0.05, 0.1) is 10.7 Å². The topological polar surface area (TPSA) is 37.4 Å². The largest absolute Gasteiger partial charge is 0.307 e. The van der Waals surface area contributed by atoms with Crippen molar-refractivity contribution in [2.75, 3.05) is 11.4 Å². The molecule has 3 rings (SSSR count). The molecular weight excluding hydrogens is 354 g/mol. The molecule has 1 heterocycles. The lowest BCUT2D eigenvalue weighted by atomic mass is 9.99. The van der Waals surface area contributed by atoms with Crippen LogP contribution >= 0.6 is 27.5 Å². The van der Waals surface area contributed by atoms with Crippen LogP contribution in [-0.4, -0.2) is 18.2 Å². The van der Waals surface area contributed by atoms with E-state index in [1.807, 2.05) is 12.1 Å². The molecule has 0 fully saturated rings. The second-order valence-electron chi connectivity index (χ2n) is 4.78. The molecule has 21 heavy (non-hydrogen) atoms. The summed E-state index contributed by atoms with van der Waals surface area (Å²) in [5.74, 6) is -0.0562. The Kier molecular flexibility index (Phi) is 3.83. The number of hydrogen-bond donors (Lipinski definition) is 0. The molecule has 3 nitrogen and oxygen atoms in total. The SMILES string of the molecule is O=C1CCN(C(=O)c2ccc(Cl)c(Br)c2)c2ccccc21. The number of para-hydroxylation sites is 1. The number of rotatable bonds is 1. The molecule has 2 aromatic carbocycles. The Morgan fingerprint density at radius 1 is 1.19 bits per heavy atom. The maximum atomic E-state index is 12.7. The van der Waals surface area contributed by atoms with Crippen molar-refractivity contribution in [2.24, 2.45) is 0 Å². The van der Waals surface area contributed by atoms with Gasteiger partial charge >= 0.3 is 0 Å². The number of halogens is 2. The summed E-state index contributed by atoms with van der Waals surface area (Å²) in [6.45, 7) is 0.398. The van der Waals surface area contributed by atoms with E-state index < -0.39 is 0 Å². The van der Waals surface area contributed by atoms with Gasteiger partial charge < -0.3 is 4.90 Å². The first kappa shape index (κ1) is 14.3. The maximum absolute atomic E-state index is 12.7. The second-order valence-corrected chi connectivity index (χ2v) is 6.04. The average Bonchev–Trinajstić information content (AvgIpc) is 2.50. The van der Waals surface area contributed by atoms with E-state index in [1.165, 1.54) is 0 Å². The molecule has 0 saturated heterocycles. The summed E-state index contributed by atoms with van der Waals surface area (Å²) in [7, 11) is 0. The Balaban J connectivity index is 2.01. The molecule has 0 N–H and O–H groups in total. The van der Waals surface area contributed by atoms with Gasteiger partial charge in [-0.25, -0.2) is 0 Å². The van der Waals surface area contributed by atoms with Crippen LogP contribution in [0, 0.1) is 0 Å². The number of benzene rings is 2. The molecule has 106 valence electrons. The third-order valence-corrected chi connectivity index (χ3v) is 4.68. The fraction of sp³-hybridized carbons (Fsp3) is 0.125. The molecule has 0 unspecified atom stereocenters. The Morgan fingerprint density at radius 3 is 2.71 bits per heavy atom. The molecule has 0 spiro atoms. The van der Waals surface area contributed by atoms with E-state index in [-0.39, 0.29) is 11.7 Å². The molecule has 0 radical (unpaired) electrons. The van der Waals surface area contributed by atoms with Crippen molar-refractivity contribution < 1.29 is 9.59 Å². The Hall–Kier alpha value is -1.65. The van der Waals surface area contributed by atoms with Crippen molar-refractivity contribution in [3.8, 4) is 0 Å². The number of Topliss-reactive ketones (excluding diaryl/α,β-unsaturated/α-hetero) is 1. The number of carbonyl (C=O) groups excluding carboxylic acids is 2. The van der Waals surface area contributed by atoms with Crippen molar-refractivity contribution >= 4 is 44.9 Å². The number of carbonyl (C=O) groups is 2. The summed E-state index contributed by atoms with van der Waals surface area (Å²) in [6.07, 6.45) is 0.345. The summed E-state index contributed by atoms with van der Waals surface area (Å²) in [4.78, 5) is 26.3.